The molecular formula is C20H20FN3O3. The van der Waals surface area contributed by atoms with E-state index in [0.29, 0.717) is 11.3 Å². The van der Waals surface area contributed by atoms with Gasteiger partial charge in [-0.2, -0.15) is 0 Å². The highest BCUT2D eigenvalue weighted by molar-refractivity contribution is 5.89. The quantitative estimate of drug-likeness (QED) is 0.646. The zero-order valence-electron chi connectivity index (χ0n) is 14.8. The number of amides is 2. The monoisotopic (exact) mass is 369 g/mol. The number of nitrogens with zero attached hydrogens (tertiary/aromatic N) is 1. The Labute approximate surface area is 155 Å². The van der Waals surface area contributed by atoms with Gasteiger partial charge in [0.25, 0.3) is 5.56 Å². The van der Waals surface area contributed by atoms with Crippen LogP contribution in [0.4, 0.5) is 14.9 Å². The molecule has 0 saturated carbocycles. The molecule has 0 fully saturated rings. The molecule has 3 rings (SSSR count). The number of aryl methyl sites for hydroxylation is 1. The van der Waals surface area contributed by atoms with Gasteiger partial charge in [0.05, 0.1) is 18.7 Å². The topological polar surface area (TPSA) is 85.4 Å². The summed E-state index contributed by atoms with van der Waals surface area (Å²) in [4.78, 5) is 29.1. The predicted molar refractivity (Wildman–Crippen MR) is 102 cm³/mol. The number of H-pyrrole nitrogens is 1. The Morgan fingerprint density at radius 3 is 2.67 bits per heavy atom. The van der Waals surface area contributed by atoms with E-state index in [4.69, 9.17) is 0 Å². The Morgan fingerprint density at radius 2 is 1.96 bits per heavy atom. The summed E-state index contributed by atoms with van der Waals surface area (Å²) >= 11 is 0. The maximum atomic E-state index is 13.0. The number of anilines is 1. The molecule has 140 valence electrons. The number of benzene rings is 2. The van der Waals surface area contributed by atoms with E-state index >= 15 is 0 Å². The fraction of sp³-hybridized carbons (Fsp3) is 0.200. The van der Waals surface area contributed by atoms with Gasteiger partial charge >= 0.3 is 6.03 Å². The minimum Gasteiger partial charge on any atom is -0.395 e. The molecule has 3 N–H and O–H groups in total. The van der Waals surface area contributed by atoms with Crippen molar-refractivity contribution < 1.29 is 14.3 Å². The zero-order valence-corrected chi connectivity index (χ0v) is 14.8. The Kier molecular flexibility index (Phi) is 5.52. The van der Waals surface area contributed by atoms with Crippen LogP contribution >= 0.6 is 0 Å². The molecule has 1 aromatic heterocycles. The van der Waals surface area contributed by atoms with Gasteiger partial charge in [0.15, 0.2) is 0 Å². The van der Waals surface area contributed by atoms with Crippen LogP contribution < -0.4 is 10.9 Å². The van der Waals surface area contributed by atoms with Crippen LogP contribution in [0.15, 0.2) is 53.3 Å². The van der Waals surface area contributed by atoms with Gasteiger partial charge in [-0.3, -0.25) is 4.79 Å². The van der Waals surface area contributed by atoms with Crippen LogP contribution in [-0.4, -0.2) is 34.2 Å². The van der Waals surface area contributed by atoms with E-state index in [-0.39, 0.29) is 25.3 Å². The summed E-state index contributed by atoms with van der Waals surface area (Å²) < 4.78 is 13.0. The second-order valence-electron chi connectivity index (χ2n) is 6.25. The lowest BCUT2D eigenvalue weighted by Gasteiger charge is -2.22. The molecule has 0 radical (unpaired) electrons. The normalized spacial score (nSPS) is 10.8. The first-order valence-electron chi connectivity index (χ1n) is 8.52. The Bertz CT molecular complexity index is 1020. The van der Waals surface area contributed by atoms with Gasteiger partial charge in [0, 0.05) is 17.8 Å². The summed E-state index contributed by atoms with van der Waals surface area (Å²) in [5.41, 5.74) is 2.27. The van der Waals surface area contributed by atoms with Gasteiger partial charge < -0.3 is 20.3 Å². The van der Waals surface area contributed by atoms with Crippen LogP contribution in [0.25, 0.3) is 10.9 Å². The molecule has 0 aliphatic carbocycles. The van der Waals surface area contributed by atoms with Crippen LogP contribution in [0, 0.1) is 12.7 Å². The fourth-order valence-electron chi connectivity index (χ4n) is 2.86. The zero-order chi connectivity index (χ0) is 19.4. The third kappa shape index (κ3) is 4.32. The number of urea groups is 1. The minimum atomic E-state index is -0.487. The molecule has 0 spiro atoms. The SMILES string of the molecule is Cc1cccc2cc(CN(CCO)C(=O)Nc3ccc(F)cc3)c(=O)[nH]c12. The van der Waals surface area contributed by atoms with E-state index in [9.17, 15) is 19.1 Å². The van der Waals surface area contributed by atoms with Crippen LogP contribution in [0.1, 0.15) is 11.1 Å². The number of carbonyl (C=O) groups excluding carboxylic acids is 1. The Balaban J connectivity index is 1.84. The number of aromatic amines is 1. The van der Waals surface area contributed by atoms with Crippen molar-refractivity contribution in [3.05, 3.63) is 75.8 Å². The summed E-state index contributed by atoms with van der Waals surface area (Å²) in [6.07, 6.45) is 0. The average molecular weight is 369 g/mol. The first kappa shape index (κ1) is 18.6. The lowest BCUT2D eigenvalue weighted by molar-refractivity contribution is 0.185. The van der Waals surface area contributed by atoms with Crippen molar-refractivity contribution in [2.45, 2.75) is 13.5 Å². The summed E-state index contributed by atoms with van der Waals surface area (Å²) in [6, 6.07) is 12.3. The molecule has 0 atom stereocenters. The lowest BCUT2D eigenvalue weighted by atomic mass is 10.1. The maximum absolute atomic E-state index is 13.0. The first-order valence-corrected chi connectivity index (χ1v) is 8.52. The highest BCUT2D eigenvalue weighted by atomic mass is 19.1. The number of carbonyl (C=O) groups is 1. The molecule has 3 aromatic rings. The van der Waals surface area contributed by atoms with Crippen molar-refractivity contribution in [2.24, 2.45) is 0 Å². The number of hydrogen-bond acceptors (Lipinski definition) is 3. The molecule has 2 aromatic carbocycles. The van der Waals surface area contributed by atoms with Crippen molar-refractivity contribution in [3.63, 3.8) is 0 Å². The van der Waals surface area contributed by atoms with Crippen molar-refractivity contribution in [3.8, 4) is 0 Å². The van der Waals surface area contributed by atoms with Gasteiger partial charge in [0.2, 0.25) is 0 Å². The van der Waals surface area contributed by atoms with Gasteiger partial charge in [-0.1, -0.05) is 18.2 Å². The largest absolute Gasteiger partial charge is 0.395 e. The van der Waals surface area contributed by atoms with Crippen LogP contribution in [-0.2, 0) is 6.54 Å². The number of aliphatic hydroxyl groups excluding tert-OH is 1. The molecular weight excluding hydrogens is 349 g/mol. The van der Waals surface area contributed by atoms with Crippen molar-refractivity contribution in [2.75, 3.05) is 18.5 Å². The van der Waals surface area contributed by atoms with Crippen molar-refractivity contribution in [1.82, 2.24) is 9.88 Å². The molecule has 6 nitrogen and oxygen atoms in total. The summed E-state index contributed by atoms with van der Waals surface area (Å²) in [5, 5.41) is 12.8. The van der Waals surface area contributed by atoms with E-state index in [1.807, 2.05) is 25.1 Å². The standard InChI is InChI=1S/C20H20FN3O3/c1-13-3-2-4-14-11-15(19(26)23-18(13)14)12-24(9-10-25)20(27)22-17-7-5-16(21)6-8-17/h2-8,11,25H,9-10,12H2,1H3,(H,22,27)(H,23,26). The van der Waals surface area contributed by atoms with E-state index in [2.05, 4.69) is 10.3 Å². The highest BCUT2D eigenvalue weighted by Crippen LogP contribution is 2.16. The van der Waals surface area contributed by atoms with Gasteiger partial charge in [-0.05, 0) is 48.2 Å². The van der Waals surface area contributed by atoms with Crippen LogP contribution in [0.2, 0.25) is 0 Å². The third-order valence-electron chi connectivity index (χ3n) is 4.28. The number of aromatic nitrogens is 1. The number of aliphatic hydroxyl groups is 1. The molecule has 27 heavy (non-hydrogen) atoms. The van der Waals surface area contributed by atoms with Crippen LogP contribution in [0.5, 0.6) is 0 Å². The smallest absolute Gasteiger partial charge is 0.322 e. The number of hydrogen-bond donors (Lipinski definition) is 3. The number of para-hydroxylation sites is 1. The van der Waals surface area contributed by atoms with Gasteiger partial charge in [0.1, 0.15) is 5.82 Å². The Hall–Kier alpha value is -3.19. The molecule has 0 bridgehead atoms. The molecule has 0 aliphatic rings. The molecule has 0 saturated heterocycles. The van der Waals surface area contributed by atoms with E-state index in [0.717, 1.165) is 16.5 Å². The van der Waals surface area contributed by atoms with E-state index in [1.165, 1.54) is 29.2 Å². The maximum Gasteiger partial charge on any atom is 0.322 e. The number of pyridine rings is 1. The second kappa shape index (κ2) is 8.01. The van der Waals surface area contributed by atoms with E-state index in [1.54, 1.807) is 6.07 Å². The number of fused-ring (bicyclic) bond motifs is 1. The Morgan fingerprint density at radius 1 is 1.22 bits per heavy atom. The predicted octanol–water partition coefficient (Wildman–Crippen LogP) is 3.00. The summed E-state index contributed by atoms with van der Waals surface area (Å²) in [5.74, 6) is -0.404. The highest BCUT2D eigenvalue weighted by Gasteiger charge is 2.16. The number of rotatable bonds is 5. The summed E-state index contributed by atoms with van der Waals surface area (Å²) in [6.45, 7) is 1.75. The molecule has 0 unspecified atom stereocenters. The fourth-order valence-corrected chi connectivity index (χ4v) is 2.86. The molecule has 7 heteroatoms. The third-order valence-corrected chi connectivity index (χ3v) is 4.28. The average Bonchev–Trinajstić information content (AvgIpc) is 2.64. The molecule has 2 amide bonds. The first-order chi connectivity index (χ1) is 13.0. The lowest BCUT2D eigenvalue weighted by Crippen LogP contribution is -2.38. The second-order valence-corrected chi connectivity index (χ2v) is 6.25. The van der Waals surface area contributed by atoms with Gasteiger partial charge in [-0.25, -0.2) is 9.18 Å². The minimum absolute atomic E-state index is 0.0345. The number of nitrogens with one attached hydrogen (secondary N) is 2. The number of halogens is 1. The molecule has 1 heterocycles. The van der Waals surface area contributed by atoms with E-state index < -0.39 is 11.8 Å². The van der Waals surface area contributed by atoms with Crippen molar-refractivity contribution in [1.29, 1.82) is 0 Å². The molecule has 0 aliphatic heterocycles. The van der Waals surface area contributed by atoms with Crippen molar-refractivity contribution >= 4 is 22.6 Å². The summed E-state index contributed by atoms with van der Waals surface area (Å²) in [7, 11) is 0. The van der Waals surface area contributed by atoms with Gasteiger partial charge in [-0.15, -0.1) is 0 Å². The van der Waals surface area contributed by atoms with Crippen LogP contribution in [0.3, 0.4) is 0 Å².